The van der Waals surface area contributed by atoms with Crippen LogP contribution in [0.5, 0.6) is 0 Å². The van der Waals surface area contributed by atoms with Crippen molar-refractivity contribution in [2.45, 2.75) is 39.3 Å². The van der Waals surface area contributed by atoms with E-state index in [9.17, 15) is 9.18 Å². The molecule has 0 heterocycles. The molecule has 0 radical (unpaired) electrons. The number of carbonyl (C=O) groups is 1. The highest BCUT2D eigenvalue weighted by Crippen LogP contribution is 2.17. The maximum atomic E-state index is 12.6. The van der Waals surface area contributed by atoms with Crippen molar-refractivity contribution in [2.75, 3.05) is 0 Å². The van der Waals surface area contributed by atoms with Crippen LogP contribution < -0.4 is 0 Å². The zero-order valence-electron chi connectivity index (χ0n) is 7.01. The summed E-state index contributed by atoms with van der Waals surface area (Å²) in [5, 5.41) is 8.39. The summed E-state index contributed by atoms with van der Waals surface area (Å²) in [4.78, 5) is 10.2. The predicted molar refractivity (Wildman–Crippen MR) is 41.2 cm³/mol. The third-order valence-corrected chi connectivity index (χ3v) is 1.75. The summed E-state index contributed by atoms with van der Waals surface area (Å²) in [7, 11) is 0. The number of alkyl halides is 1. The average molecular weight is 162 g/mol. The fourth-order valence-corrected chi connectivity index (χ4v) is 1.09. The van der Waals surface area contributed by atoms with Crippen LogP contribution in [0.4, 0.5) is 4.39 Å². The molecule has 0 fully saturated rings. The Morgan fingerprint density at radius 3 is 2.45 bits per heavy atom. The molecule has 3 heteroatoms. The lowest BCUT2D eigenvalue weighted by Crippen LogP contribution is -2.16. The molecule has 0 aromatic carbocycles. The number of aliphatic carboxylic acids is 1. The Hall–Kier alpha value is -0.600. The van der Waals surface area contributed by atoms with Gasteiger partial charge in [0.2, 0.25) is 0 Å². The van der Waals surface area contributed by atoms with E-state index in [0.29, 0.717) is 6.42 Å². The quantitative estimate of drug-likeness (QED) is 0.673. The normalized spacial score (nSPS) is 15.9. The van der Waals surface area contributed by atoms with Crippen LogP contribution >= 0.6 is 0 Å². The van der Waals surface area contributed by atoms with Crippen molar-refractivity contribution in [3.63, 3.8) is 0 Å². The summed E-state index contributed by atoms with van der Waals surface area (Å²) in [6, 6.07) is 0. The third kappa shape index (κ3) is 4.76. The molecule has 11 heavy (non-hydrogen) atoms. The minimum absolute atomic E-state index is 0.0501. The van der Waals surface area contributed by atoms with Crippen molar-refractivity contribution in [1.29, 1.82) is 0 Å². The molecular weight excluding hydrogens is 147 g/mol. The van der Waals surface area contributed by atoms with Crippen LogP contribution in [0.3, 0.4) is 0 Å². The SMILES string of the molecule is CCCC(CC(=O)O)C(C)F. The third-order valence-electron chi connectivity index (χ3n) is 1.75. The number of hydrogen-bond donors (Lipinski definition) is 1. The lowest BCUT2D eigenvalue weighted by Gasteiger charge is -2.14. The van der Waals surface area contributed by atoms with E-state index in [4.69, 9.17) is 5.11 Å². The van der Waals surface area contributed by atoms with E-state index in [1.54, 1.807) is 0 Å². The lowest BCUT2D eigenvalue weighted by atomic mass is 9.96. The summed E-state index contributed by atoms with van der Waals surface area (Å²) in [5.74, 6) is -1.22. The minimum Gasteiger partial charge on any atom is -0.481 e. The Kier molecular flexibility index (Phi) is 4.83. The highest BCUT2D eigenvalue weighted by Gasteiger charge is 2.18. The first kappa shape index (κ1) is 10.4. The molecule has 0 aliphatic rings. The first-order valence-electron chi connectivity index (χ1n) is 3.93. The van der Waals surface area contributed by atoms with Gasteiger partial charge in [-0.05, 0) is 13.3 Å². The van der Waals surface area contributed by atoms with Crippen LogP contribution in [0.2, 0.25) is 0 Å². The molecule has 0 saturated heterocycles. The number of hydrogen-bond acceptors (Lipinski definition) is 1. The molecule has 0 rings (SSSR count). The second-order valence-corrected chi connectivity index (χ2v) is 2.82. The zero-order chi connectivity index (χ0) is 8.85. The molecule has 2 nitrogen and oxygen atoms in total. The summed E-state index contributed by atoms with van der Waals surface area (Å²) < 4.78 is 12.6. The Balaban J connectivity index is 3.79. The van der Waals surface area contributed by atoms with E-state index >= 15 is 0 Å². The summed E-state index contributed by atoms with van der Waals surface area (Å²) in [6.07, 6.45) is 0.438. The van der Waals surface area contributed by atoms with E-state index in [1.165, 1.54) is 6.92 Å². The van der Waals surface area contributed by atoms with Gasteiger partial charge in [-0.2, -0.15) is 0 Å². The fourth-order valence-electron chi connectivity index (χ4n) is 1.09. The van der Waals surface area contributed by atoms with Gasteiger partial charge in [0.05, 0.1) is 6.42 Å². The van der Waals surface area contributed by atoms with Crippen molar-refractivity contribution in [3.05, 3.63) is 0 Å². The smallest absolute Gasteiger partial charge is 0.303 e. The first-order valence-corrected chi connectivity index (χ1v) is 3.93. The molecule has 66 valence electrons. The maximum Gasteiger partial charge on any atom is 0.303 e. The van der Waals surface area contributed by atoms with Crippen molar-refractivity contribution >= 4 is 5.97 Å². The van der Waals surface area contributed by atoms with Gasteiger partial charge in [-0.3, -0.25) is 4.79 Å². The van der Waals surface area contributed by atoms with Gasteiger partial charge in [0.15, 0.2) is 0 Å². The van der Waals surface area contributed by atoms with E-state index in [1.807, 2.05) is 6.92 Å². The number of halogens is 1. The van der Waals surface area contributed by atoms with E-state index in [0.717, 1.165) is 6.42 Å². The van der Waals surface area contributed by atoms with Gasteiger partial charge in [0.25, 0.3) is 0 Å². The molecule has 0 aliphatic carbocycles. The van der Waals surface area contributed by atoms with Gasteiger partial charge >= 0.3 is 5.97 Å². The molecular formula is C8H15FO2. The standard InChI is InChI=1S/C8H15FO2/c1-3-4-7(6(2)9)5-8(10)11/h6-7H,3-5H2,1-2H3,(H,10,11). The topological polar surface area (TPSA) is 37.3 Å². The second kappa shape index (κ2) is 5.10. The molecule has 1 N–H and O–H groups in total. The van der Waals surface area contributed by atoms with E-state index in [2.05, 4.69) is 0 Å². The van der Waals surface area contributed by atoms with Crippen LogP contribution in [0, 0.1) is 5.92 Å². The van der Waals surface area contributed by atoms with Gasteiger partial charge in [0.1, 0.15) is 6.17 Å². The van der Waals surface area contributed by atoms with Gasteiger partial charge in [-0.25, -0.2) is 4.39 Å². The molecule has 0 aromatic rings. The van der Waals surface area contributed by atoms with Crippen LogP contribution in [0.25, 0.3) is 0 Å². The van der Waals surface area contributed by atoms with E-state index < -0.39 is 12.1 Å². The molecule has 0 amide bonds. The van der Waals surface area contributed by atoms with E-state index in [-0.39, 0.29) is 12.3 Å². The zero-order valence-corrected chi connectivity index (χ0v) is 7.01. The predicted octanol–water partition coefficient (Wildman–Crippen LogP) is 2.24. The minimum atomic E-state index is -1.01. The van der Waals surface area contributed by atoms with Gasteiger partial charge in [-0.15, -0.1) is 0 Å². The Bertz CT molecular complexity index is 123. The average Bonchev–Trinajstić information content (AvgIpc) is 1.86. The molecule has 2 unspecified atom stereocenters. The van der Waals surface area contributed by atoms with Crippen LogP contribution in [0.1, 0.15) is 33.1 Å². The lowest BCUT2D eigenvalue weighted by molar-refractivity contribution is -0.138. The summed E-state index contributed by atoms with van der Waals surface area (Å²) in [5.41, 5.74) is 0. The molecule has 2 atom stereocenters. The second-order valence-electron chi connectivity index (χ2n) is 2.82. The van der Waals surface area contributed by atoms with Crippen molar-refractivity contribution in [3.8, 4) is 0 Å². The van der Waals surface area contributed by atoms with Gasteiger partial charge < -0.3 is 5.11 Å². The van der Waals surface area contributed by atoms with Gasteiger partial charge in [-0.1, -0.05) is 13.3 Å². The number of rotatable bonds is 5. The van der Waals surface area contributed by atoms with Gasteiger partial charge in [0, 0.05) is 5.92 Å². The molecule has 0 aromatic heterocycles. The molecule has 0 saturated carbocycles. The van der Waals surface area contributed by atoms with Crippen molar-refractivity contribution in [1.82, 2.24) is 0 Å². The highest BCUT2D eigenvalue weighted by atomic mass is 19.1. The largest absolute Gasteiger partial charge is 0.481 e. The van der Waals surface area contributed by atoms with Crippen LogP contribution in [-0.4, -0.2) is 17.2 Å². The molecule has 0 aliphatic heterocycles. The van der Waals surface area contributed by atoms with Crippen molar-refractivity contribution in [2.24, 2.45) is 5.92 Å². The fraction of sp³-hybridized carbons (Fsp3) is 0.875. The molecule has 0 spiro atoms. The maximum absolute atomic E-state index is 12.6. The highest BCUT2D eigenvalue weighted by molar-refractivity contribution is 5.67. The van der Waals surface area contributed by atoms with Crippen LogP contribution in [-0.2, 0) is 4.79 Å². The number of carboxylic acids is 1. The van der Waals surface area contributed by atoms with Crippen molar-refractivity contribution < 1.29 is 14.3 Å². The first-order chi connectivity index (χ1) is 5.07. The number of carboxylic acid groups (broad SMARTS) is 1. The Labute approximate surface area is 66.4 Å². The molecule has 0 bridgehead atoms. The Morgan fingerprint density at radius 2 is 2.18 bits per heavy atom. The summed E-state index contributed by atoms with van der Waals surface area (Å²) in [6.45, 7) is 3.35. The Morgan fingerprint density at radius 1 is 1.64 bits per heavy atom. The summed E-state index contributed by atoms with van der Waals surface area (Å²) >= 11 is 0. The monoisotopic (exact) mass is 162 g/mol. The van der Waals surface area contributed by atoms with Crippen LogP contribution in [0.15, 0.2) is 0 Å².